The van der Waals surface area contributed by atoms with Gasteiger partial charge < -0.3 is 4.90 Å². The van der Waals surface area contributed by atoms with Crippen LogP contribution in [0.5, 0.6) is 0 Å². The van der Waals surface area contributed by atoms with E-state index in [9.17, 15) is 0 Å². The van der Waals surface area contributed by atoms with E-state index in [2.05, 4.69) is 16.8 Å². The minimum atomic E-state index is 1.00. The molecule has 0 bridgehead atoms. The van der Waals surface area contributed by atoms with Gasteiger partial charge in [0.05, 0.1) is 0 Å². The lowest BCUT2D eigenvalue weighted by Crippen LogP contribution is -2.28. The molecule has 0 aromatic carbocycles. The summed E-state index contributed by atoms with van der Waals surface area (Å²) in [5.74, 6) is 2.02. The molecule has 1 saturated carbocycles. The van der Waals surface area contributed by atoms with Gasteiger partial charge in [0, 0.05) is 32.2 Å². The van der Waals surface area contributed by atoms with Gasteiger partial charge in [-0.15, -0.1) is 0 Å². The second-order valence-corrected chi connectivity index (χ2v) is 4.93. The Morgan fingerprint density at radius 3 is 2.00 bits per heavy atom. The van der Waals surface area contributed by atoms with Crippen molar-refractivity contribution in [2.45, 2.75) is 18.9 Å². The van der Waals surface area contributed by atoms with Crippen molar-refractivity contribution in [2.75, 3.05) is 33.2 Å². The van der Waals surface area contributed by atoms with Crippen LogP contribution in [0.1, 0.15) is 12.8 Å². The van der Waals surface area contributed by atoms with Crippen molar-refractivity contribution in [1.82, 2.24) is 9.80 Å². The lowest BCUT2D eigenvalue weighted by atomic mass is 10.0. The molecular weight excluding hydrogens is 148 g/mol. The van der Waals surface area contributed by atoms with E-state index in [0.717, 1.165) is 17.9 Å². The minimum absolute atomic E-state index is 1.00. The zero-order valence-electron chi connectivity index (χ0n) is 7.87. The van der Waals surface area contributed by atoms with Crippen LogP contribution in [0.15, 0.2) is 0 Å². The molecule has 2 atom stereocenters. The fourth-order valence-corrected chi connectivity index (χ4v) is 3.00. The van der Waals surface area contributed by atoms with Crippen LogP contribution in [0.2, 0.25) is 0 Å². The molecule has 2 unspecified atom stereocenters. The predicted molar refractivity (Wildman–Crippen MR) is 49.1 cm³/mol. The Hall–Kier alpha value is -0.0800. The molecule has 2 heteroatoms. The molecule has 0 radical (unpaired) electrons. The van der Waals surface area contributed by atoms with Crippen molar-refractivity contribution in [3.63, 3.8) is 0 Å². The second kappa shape index (κ2) is 2.46. The molecule has 2 aliphatic heterocycles. The first-order valence-corrected chi connectivity index (χ1v) is 5.25. The van der Waals surface area contributed by atoms with Crippen LogP contribution >= 0.6 is 0 Å². The van der Waals surface area contributed by atoms with Gasteiger partial charge in [0.2, 0.25) is 0 Å². The molecule has 12 heavy (non-hydrogen) atoms. The summed E-state index contributed by atoms with van der Waals surface area (Å²) in [5.41, 5.74) is 0. The first kappa shape index (κ1) is 7.34. The van der Waals surface area contributed by atoms with Crippen molar-refractivity contribution < 1.29 is 0 Å². The number of likely N-dealkylation sites (tertiary alicyclic amines) is 2. The van der Waals surface area contributed by atoms with Crippen molar-refractivity contribution in [1.29, 1.82) is 0 Å². The van der Waals surface area contributed by atoms with Crippen molar-refractivity contribution in [3.05, 3.63) is 0 Å². The first-order chi connectivity index (χ1) is 5.83. The van der Waals surface area contributed by atoms with Crippen LogP contribution in [-0.2, 0) is 0 Å². The summed E-state index contributed by atoms with van der Waals surface area (Å²) in [6, 6.07) is 1.00. The second-order valence-electron chi connectivity index (χ2n) is 4.93. The molecule has 2 saturated heterocycles. The van der Waals surface area contributed by atoms with Gasteiger partial charge in [-0.1, -0.05) is 0 Å². The Kier molecular flexibility index (Phi) is 1.50. The first-order valence-electron chi connectivity index (χ1n) is 5.25. The topological polar surface area (TPSA) is 6.48 Å². The fraction of sp³-hybridized carbons (Fsp3) is 1.00. The van der Waals surface area contributed by atoms with E-state index < -0.39 is 0 Å². The van der Waals surface area contributed by atoms with Gasteiger partial charge in [-0.25, -0.2) is 0 Å². The van der Waals surface area contributed by atoms with Crippen LogP contribution in [0.25, 0.3) is 0 Å². The summed E-state index contributed by atoms with van der Waals surface area (Å²) in [6.45, 7) is 5.52. The molecule has 68 valence electrons. The zero-order chi connectivity index (χ0) is 8.13. The highest BCUT2D eigenvalue weighted by atomic mass is 15.3. The Morgan fingerprint density at radius 2 is 1.50 bits per heavy atom. The Morgan fingerprint density at radius 1 is 0.917 bits per heavy atom. The molecule has 0 aromatic heterocycles. The number of rotatable bonds is 1. The molecule has 1 aliphatic carbocycles. The molecule has 0 amide bonds. The number of hydrogen-bond donors (Lipinski definition) is 0. The highest BCUT2D eigenvalue weighted by Gasteiger charge is 2.43. The molecule has 3 rings (SSSR count). The summed E-state index contributed by atoms with van der Waals surface area (Å²) < 4.78 is 0. The van der Waals surface area contributed by atoms with Crippen LogP contribution in [0, 0.1) is 11.8 Å². The van der Waals surface area contributed by atoms with Crippen LogP contribution in [-0.4, -0.2) is 49.1 Å². The highest BCUT2D eigenvalue weighted by molar-refractivity contribution is 4.97. The van der Waals surface area contributed by atoms with Gasteiger partial charge in [0.1, 0.15) is 0 Å². The number of hydrogen-bond acceptors (Lipinski definition) is 2. The largest absolute Gasteiger partial charge is 0.306 e. The van der Waals surface area contributed by atoms with Crippen molar-refractivity contribution >= 4 is 0 Å². The Labute approximate surface area is 74.5 Å². The molecule has 0 spiro atoms. The van der Waals surface area contributed by atoms with Crippen LogP contribution < -0.4 is 0 Å². The summed E-state index contributed by atoms with van der Waals surface area (Å²) in [5, 5.41) is 0. The molecule has 2 heterocycles. The summed E-state index contributed by atoms with van der Waals surface area (Å²) >= 11 is 0. The molecule has 0 N–H and O–H groups in total. The van der Waals surface area contributed by atoms with Crippen molar-refractivity contribution in [2.24, 2.45) is 11.8 Å². The maximum absolute atomic E-state index is 2.74. The van der Waals surface area contributed by atoms with Crippen LogP contribution in [0.3, 0.4) is 0 Å². The SMILES string of the molecule is CN1CC2CN(C3CC3)CC2C1. The summed E-state index contributed by atoms with van der Waals surface area (Å²) in [6.07, 6.45) is 2.96. The van der Waals surface area contributed by atoms with Gasteiger partial charge in [-0.05, 0) is 31.7 Å². The van der Waals surface area contributed by atoms with Crippen molar-refractivity contribution in [3.8, 4) is 0 Å². The molecular formula is C10H18N2. The number of fused-ring (bicyclic) bond motifs is 1. The van der Waals surface area contributed by atoms with E-state index in [0.29, 0.717) is 0 Å². The third-order valence-corrected chi connectivity index (χ3v) is 3.76. The molecule has 0 aromatic rings. The van der Waals surface area contributed by atoms with E-state index in [-0.39, 0.29) is 0 Å². The lowest BCUT2D eigenvalue weighted by Gasteiger charge is -2.17. The zero-order valence-corrected chi connectivity index (χ0v) is 7.87. The smallest absolute Gasteiger partial charge is 0.00966 e. The maximum Gasteiger partial charge on any atom is 0.00966 e. The fourth-order valence-electron chi connectivity index (χ4n) is 3.00. The predicted octanol–water partition coefficient (Wildman–Crippen LogP) is 0.642. The summed E-state index contributed by atoms with van der Waals surface area (Å²) in [4.78, 5) is 5.24. The van der Waals surface area contributed by atoms with Gasteiger partial charge in [-0.3, -0.25) is 4.90 Å². The quantitative estimate of drug-likeness (QED) is 0.564. The van der Waals surface area contributed by atoms with E-state index in [4.69, 9.17) is 0 Å². The third kappa shape index (κ3) is 1.09. The van der Waals surface area contributed by atoms with Gasteiger partial charge in [-0.2, -0.15) is 0 Å². The monoisotopic (exact) mass is 166 g/mol. The van der Waals surface area contributed by atoms with Gasteiger partial charge in [0.15, 0.2) is 0 Å². The highest BCUT2D eigenvalue weighted by Crippen LogP contribution is 2.37. The normalized spacial score (nSPS) is 43.8. The average Bonchev–Trinajstić information content (AvgIpc) is 2.69. The molecule has 3 aliphatic rings. The van der Waals surface area contributed by atoms with E-state index >= 15 is 0 Å². The molecule has 3 fully saturated rings. The Balaban J connectivity index is 1.65. The maximum atomic E-state index is 2.74. The van der Waals surface area contributed by atoms with E-state index in [1.165, 1.54) is 39.0 Å². The van der Waals surface area contributed by atoms with Crippen LogP contribution in [0.4, 0.5) is 0 Å². The summed E-state index contributed by atoms with van der Waals surface area (Å²) in [7, 11) is 2.26. The Bertz CT molecular complexity index is 174. The van der Waals surface area contributed by atoms with E-state index in [1.54, 1.807) is 0 Å². The van der Waals surface area contributed by atoms with E-state index in [1.807, 2.05) is 0 Å². The average molecular weight is 166 g/mol. The lowest BCUT2D eigenvalue weighted by molar-refractivity contribution is 0.270. The standard InChI is InChI=1S/C10H18N2/c1-11-4-8-6-12(10-2-3-10)7-9(8)5-11/h8-10H,2-7H2,1H3. The minimum Gasteiger partial charge on any atom is -0.306 e. The molecule has 2 nitrogen and oxygen atoms in total. The third-order valence-electron chi connectivity index (χ3n) is 3.76. The number of nitrogens with zero attached hydrogens (tertiary/aromatic N) is 2. The van der Waals surface area contributed by atoms with Gasteiger partial charge in [0.25, 0.3) is 0 Å². The van der Waals surface area contributed by atoms with Gasteiger partial charge >= 0.3 is 0 Å².